The minimum atomic E-state index is -0.0872. The molecule has 3 N–H and O–H groups in total. The SMILES string of the molecule is CCOc1ccc(NC(=S)NNC(=O)CC(C)C)cc1. The zero-order chi connectivity index (χ0) is 15.0. The lowest BCUT2D eigenvalue weighted by molar-refractivity contribution is -0.122. The molecule has 0 aromatic heterocycles. The first-order valence-electron chi connectivity index (χ1n) is 6.60. The van der Waals surface area contributed by atoms with Gasteiger partial charge < -0.3 is 10.1 Å². The molecule has 0 heterocycles. The normalized spacial score (nSPS) is 10.0. The number of hydrogen-bond donors (Lipinski definition) is 3. The van der Waals surface area contributed by atoms with Crippen molar-refractivity contribution in [1.82, 2.24) is 10.9 Å². The van der Waals surface area contributed by atoms with Crippen LogP contribution < -0.4 is 20.9 Å². The third-order valence-corrected chi connectivity index (χ3v) is 2.54. The highest BCUT2D eigenvalue weighted by molar-refractivity contribution is 7.80. The van der Waals surface area contributed by atoms with Crippen molar-refractivity contribution in [2.24, 2.45) is 5.92 Å². The van der Waals surface area contributed by atoms with E-state index in [0.717, 1.165) is 11.4 Å². The number of thiocarbonyl (C=S) groups is 1. The number of carbonyl (C=O) groups excluding carboxylic acids is 1. The van der Waals surface area contributed by atoms with Crippen molar-refractivity contribution in [2.75, 3.05) is 11.9 Å². The fourth-order valence-corrected chi connectivity index (χ4v) is 1.68. The van der Waals surface area contributed by atoms with Crippen LogP contribution in [-0.2, 0) is 4.79 Å². The quantitative estimate of drug-likeness (QED) is 0.575. The topological polar surface area (TPSA) is 62.4 Å². The summed E-state index contributed by atoms with van der Waals surface area (Å²) in [6.45, 7) is 6.53. The van der Waals surface area contributed by atoms with Crippen LogP contribution in [0.4, 0.5) is 5.69 Å². The molecule has 1 rings (SSSR count). The zero-order valence-electron chi connectivity index (χ0n) is 12.0. The summed E-state index contributed by atoms with van der Waals surface area (Å²) in [5.74, 6) is 1.03. The molecule has 0 aliphatic carbocycles. The molecule has 6 heteroatoms. The lowest BCUT2D eigenvalue weighted by Gasteiger charge is -2.12. The van der Waals surface area contributed by atoms with Gasteiger partial charge in [0, 0.05) is 12.1 Å². The van der Waals surface area contributed by atoms with Crippen LogP contribution in [0.3, 0.4) is 0 Å². The Morgan fingerprint density at radius 1 is 1.25 bits per heavy atom. The van der Waals surface area contributed by atoms with Crippen molar-refractivity contribution in [3.05, 3.63) is 24.3 Å². The average molecular weight is 295 g/mol. The van der Waals surface area contributed by atoms with E-state index in [1.54, 1.807) is 0 Å². The molecule has 0 saturated heterocycles. The molecule has 1 aromatic carbocycles. The number of benzene rings is 1. The van der Waals surface area contributed by atoms with E-state index in [2.05, 4.69) is 16.2 Å². The van der Waals surface area contributed by atoms with Crippen LogP contribution in [-0.4, -0.2) is 17.6 Å². The molecule has 20 heavy (non-hydrogen) atoms. The van der Waals surface area contributed by atoms with Gasteiger partial charge in [0.15, 0.2) is 5.11 Å². The van der Waals surface area contributed by atoms with Gasteiger partial charge in [0.05, 0.1) is 6.61 Å². The second kappa shape index (κ2) is 8.37. The number of ether oxygens (including phenoxy) is 1. The second-order valence-electron chi connectivity index (χ2n) is 4.68. The Kier molecular flexibility index (Phi) is 6.79. The fraction of sp³-hybridized carbons (Fsp3) is 0.429. The van der Waals surface area contributed by atoms with E-state index in [0.29, 0.717) is 24.1 Å². The first-order valence-corrected chi connectivity index (χ1v) is 7.00. The maximum Gasteiger partial charge on any atom is 0.238 e. The molecule has 1 aromatic rings. The third-order valence-electron chi connectivity index (χ3n) is 2.33. The van der Waals surface area contributed by atoms with Crippen LogP contribution in [0, 0.1) is 5.92 Å². The average Bonchev–Trinajstić information content (AvgIpc) is 2.38. The van der Waals surface area contributed by atoms with Gasteiger partial charge in [0.2, 0.25) is 5.91 Å². The summed E-state index contributed by atoms with van der Waals surface area (Å²) in [4.78, 5) is 11.4. The molecule has 1 amide bonds. The van der Waals surface area contributed by atoms with Gasteiger partial charge in [-0.1, -0.05) is 13.8 Å². The Bertz CT molecular complexity index is 446. The lowest BCUT2D eigenvalue weighted by atomic mass is 10.1. The van der Waals surface area contributed by atoms with E-state index in [-0.39, 0.29) is 5.91 Å². The number of anilines is 1. The Morgan fingerprint density at radius 2 is 1.90 bits per heavy atom. The van der Waals surface area contributed by atoms with E-state index in [1.165, 1.54) is 0 Å². The minimum absolute atomic E-state index is 0.0872. The predicted octanol–water partition coefficient (Wildman–Crippen LogP) is 2.45. The van der Waals surface area contributed by atoms with Gasteiger partial charge in [-0.05, 0) is 49.3 Å². The van der Waals surface area contributed by atoms with Crippen molar-refractivity contribution in [2.45, 2.75) is 27.2 Å². The Morgan fingerprint density at radius 3 is 2.45 bits per heavy atom. The van der Waals surface area contributed by atoms with Crippen LogP contribution in [0.5, 0.6) is 5.75 Å². The number of hydrazine groups is 1. The van der Waals surface area contributed by atoms with E-state index in [9.17, 15) is 4.79 Å². The molecule has 0 fully saturated rings. The molecular formula is C14H21N3O2S. The Balaban J connectivity index is 2.36. The van der Waals surface area contributed by atoms with Crippen LogP contribution >= 0.6 is 12.2 Å². The number of rotatable bonds is 5. The summed E-state index contributed by atoms with van der Waals surface area (Å²) in [5.41, 5.74) is 6.04. The van der Waals surface area contributed by atoms with Gasteiger partial charge in [-0.2, -0.15) is 0 Å². The first-order chi connectivity index (χ1) is 9.51. The van der Waals surface area contributed by atoms with Crippen LogP contribution in [0.2, 0.25) is 0 Å². The van der Waals surface area contributed by atoms with E-state index in [4.69, 9.17) is 17.0 Å². The van der Waals surface area contributed by atoms with E-state index < -0.39 is 0 Å². The van der Waals surface area contributed by atoms with Gasteiger partial charge >= 0.3 is 0 Å². The van der Waals surface area contributed by atoms with E-state index >= 15 is 0 Å². The molecule has 0 unspecified atom stereocenters. The van der Waals surface area contributed by atoms with Crippen molar-refractivity contribution in [3.63, 3.8) is 0 Å². The summed E-state index contributed by atoms with van der Waals surface area (Å²) in [6.07, 6.45) is 0.457. The summed E-state index contributed by atoms with van der Waals surface area (Å²) in [5, 5.41) is 3.31. The van der Waals surface area contributed by atoms with Crippen LogP contribution in [0.25, 0.3) is 0 Å². The molecule has 0 atom stereocenters. The Hall–Kier alpha value is -1.82. The van der Waals surface area contributed by atoms with Gasteiger partial charge in [0.1, 0.15) is 5.75 Å². The van der Waals surface area contributed by atoms with Gasteiger partial charge in [-0.15, -0.1) is 0 Å². The standard InChI is InChI=1S/C14H21N3O2S/c1-4-19-12-7-5-11(6-8-12)15-14(20)17-16-13(18)9-10(2)3/h5-8,10H,4,9H2,1-3H3,(H,16,18)(H2,15,17,20). The third kappa shape index (κ3) is 6.38. The molecule has 0 aliphatic heterocycles. The van der Waals surface area contributed by atoms with Crippen molar-refractivity contribution >= 4 is 28.9 Å². The molecule has 0 aliphatic rings. The molecule has 0 bridgehead atoms. The minimum Gasteiger partial charge on any atom is -0.494 e. The highest BCUT2D eigenvalue weighted by atomic mass is 32.1. The van der Waals surface area contributed by atoms with Crippen molar-refractivity contribution in [1.29, 1.82) is 0 Å². The molecule has 0 spiro atoms. The predicted molar refractivity (Wildman–Crippen MR) is 84.6 cm³/mol. The van der Waals surface area contributed by atoms with Crippen molar-refractivity contribution in [3.8, 4) is 5.75 Å². The Labute approximate surface area is 125 Å². The van der Waals surface area contributed by atoms with Gasteiger partial charge in [-0.25, -0.2) is 0 Å². The van der Waals surface area contributed by atoms with Gasteiger partial charge in [0.25, 0.3) is 0 Å². The first kappa shape index (κ1) is 16.2. The molecule has 0 saturated carbocycles. The van der Waals surface area contributed by atoms with Crippen LogP contribution in [0.15, 0.2) is 24.3 Å². The number of hydrogen-bond acceptors (Lipinski definition) is 3. The maximum atomic E-state index is 11.4. The maximum absolute atomic E-state index is 11.4. The summed E-state index contributed by atoms with van der Waals surface area (Å²) < 4.78 is 5.35. The summed E-state index contributed by atoms with van der Waals surface area (Å²) in [7, 11) is 0. The molecule has 110 valence electrons. The lowest BCUT2D eigenvalue weighted by Crippen LogP contribution is -2.44. The summed E-state index contributed by atoms with van der Waals surface area (Å²) >= 11 is 5.08. The summed E-state index contributed by atoms with van der Waals surface area (Å²) in [6, 6.07) is 7.42. The van der Waals surface area contributed by atoms with Crippen molar-refractivity contribution < 1.29 is 9.53 Å². The molecule has 0 radical (unpaired) electrons. The largest absolute Gasteiger partial charge is 0.494 e. The highest BCUT2D eigenvalue weighted by Gasteiger charge is 2.05. The molecule has 5 nitrogen and oxygen atoms in total. The second-order valence-corrected chi connectivity index (χ2v) is 5.09. The van der Waals surface area contributed by atoms with E-state index in [1.807, 2.05) is 45.0 Å². The number of carbonyl (C=O) groups is 1. The zero-order valence-corrected chi connectivity index (χ0v) is 12.8. The fourth-order valence-electron chi connectivity index (χ4n) is 1.51. The smallest absolute Gasteiger partial charge is 0.238 e. The monoisotopic (exact) mass is 295 g/mol. The van der Waals surface area contributed by atoms with Gasteiger partial charge in [-0.3, -0.25) is 15.6 Å². The highest BCUT2D eigenvalue weighted by Crippen LogP contribution is 2.15. The molecular weight excluding hydrogens is 274 g/mol. The number of amides is 1. The number of nitrogens with one attached hydrogen (secondary N) is 3. The van der Waals surface area contributed by atoms with Crippen LogP contribution in [0.1, 0.15) is 27.2 Å².